The number of ether oxygens (including phenoxy) is 1. The van der Waals surface area contributed by atoms with Crippen molar-refractivity contribution in [1.82, 2.24) is 9.47 Å². The molecule has 0 aliphatic heterocycles. The van der Waals surface area contributed by atoms with E-state index >= 15 is 0 Å². The second-order valence-corrected chi connectivity index (χ2v) is 6.34. The number of nitrogens with two attached hydrogens (primary N) is 1. The van der Waals surface area contributed by atoms with Gasteiger partial charge in [-0.1, -0.05) is 0 Å². The summed E-state index contributed by atoms with van der Waals surface area (Å²) in [4.78, 5) is 25.5. The van der Waals surface area contributed by atoms with Crippen molar-refractivity contribution in [1.29, 1.82) is 0 Å². The van der Waals surface area contributed by atoms with Crippen LogP contribution in [0.4, 0.5) is 0 Å². The number of carboxylic acids is 1. The van der Waals surface area contributed by atoms with Crippen LogP contribution in [0.25, 0.3) is 10.9 Å². The monoisotopic (exact) mass is 347 g/mol. The van der Waals surface area contributed by atoms with Crippen molar-refractivity contribution in [2.24, 2.45) is 5.73 Å². The molecule has 0 amide bonds. The average Bonchev–Trinajstić information content (AvgIpc) is 2.94. The Labute approximate surface area is 147 Å². The third-order valence-corrected chi connectivity index (χ3v) is 4.15. The van der Waals surface area contributed by atoms with E-state index in [4.69, 9.17) is 15.6 Å². The van der Waals surface area contributed by atoms with Crippen molar-refractivity contribution in [3.05, 3.63) is 30.0 Å². The van der Waals surface area contributed by atoms with E-state index in [1.807, 2.05) is 26.2 Å². The molecule has 0 spiro atoms. The van der Waals surface area contributed by atoms with Crippen LogP contribution >= 0.6 is 0 Å². The van der Waals surface area contributed by atoms with E-state index in [9.17, 15) is 9.59 Å². The first-order chi connectivity index (χ1) is 11.8. The number of hydrogen-bond acceptors (Lipinski definition) is 5. The van der Waals surface area contributed by atoms with Crippen LogP contribution in [0.1, 0.15) is 23.2 Å². The summed E-state index contributed by atoms with van der Waals surface area (Å²) in [7, 11) is 5.59. The van der Waals surface area contributed by atoms with Gasteiger partial charge in [0.1, 0.15) is 5.75 Å². The fraction of sp³-hybridized carbons (Fsp3) is 0.444. The zero-order chi connectivity index (χ0) is 18.6. The Balaban J connectivity index is 2.38. The van der Waals surface area contributed by atoms with Crippen LogP contribution < -0.4 is 10.5 Å². The molecule has 7 nitrogen and oxygen atoms in total. The number of carbonyl (C=O) groups excluding carboxylic acids is 1. The van der Waals surface area contributed by atoms with Gasteiger partial charge in [-0.05, 0) is 50.7 Å². The second kappa shape index (κ2) is 8.13. The molecule has 0 fully saturated rings. The summed E-state index contributed by atoms with van der Waals surface area (Å²) in [5, 5.41) is 9.72. The molecule has 1 aromatic heterocycles. The van der Waals surface area contributed by atoms with Crippen LogP contribution in [-0.2, 0) is 11.2 Å². The standard InChI is InChI=1S/C18H25N3O4/c1-20(2)9-8-12-11-21(18(24)15(19)5-7-17(22)23)16-6-4-13(25-3)10-14(12)16/h4,6,10-11,15H,5,7-9,19H2,1-3H3,(H,22,23). The van der Waals surface area contributed by atoms with Gasteiger partial charge < -0.3 is 20.5 Å². The summed E-state index contributed by atoms with van der Waals surface area (Å²) >= 11 is 0. The molecule has 0 bridgehead atoms. The Kier molecular flexibility index (Phi) is 6.17. The summed E-state index contributed by atoms with van der Waals surface area (Å²) in [6, 6.07) is 4.68. The van der Waals surface area contributed by atoms with E-state index in [-0.39, 0.29) is 18.7 Å². The number of rotatable bonds is 8. The number of hydrogen-bond donors (Lipinski definition) is 2. The lowest BCUT2D eigenvalue weighted by Gasteiger charge is -2.11. The van der Waals surface area contributed by atoms with E-state index in [0.29, 0.717) is 0 Å². The lowest BCUT2D eigenvalue weighted by atomic mass is 10.1. The minimum Gasteiger partial charge on any atom is -0.497 e. The number of likely N-dealkylation sites (N-methyl/N-ethyl adjacent to an activating group) is 1. The van der Waals surface area contributed by atoms with Gasteiger partial charge in [-0.2, -0.15) is 0 Å². The van der Waals surface area contributed by atoms with E-state index in [2.05, 4.69) is 4.90 Å². The number of carbonyl (C=O) groups is 2. The van der Waals surface area contributed by atoms with Gasteiger partial charge in [0.15, 0.2) is 0 Å². The molecule has 1 heterocycles. The summed E-state index contributed by atoms with van der Waals surface area (Å²) in [6.07, 6.45) is 2.56. The van der Waals surface area contributed by atoms with Crippen LogP contribution in [0.5, 0.6) is 5.75 Å². The van der Waals surface area contributed by atoms with E-state index in [1.54, 1.807) is 19.4 Å². The Morgan fingerprint density at radius 2 is 2.08 bits per heavy atom. The first kappa shape index (κ1) is 19.0. The van der Waals surface area contributed by atoms with E-state index in [0.717, 1.165) is 35.2 Å². The number of benzene rings is 1. The van der Waals surface area contributed by atoms with E-state index < -0.39 is 12.0 Å². The molecule has 0 saturated carbocycles. The van der Waals surface area contributed by atoms with Crippen LogP contribution in [0, 0.1) is 0 Å². The molecule has 2 rings (SSSR count). The fourth-order valence-corrected chi connectivity index (χ4v) is 2.71. The molecular formula is C18H25N3O4. The molecule has 0 aliphatic carbocycles. The van der Waals surface area contributed by atoms with Crippen molar-refractivity contribution >= 4 is 22.8 Å². The number of nitrogens with zero attached hydrogens (tertiary/aromatic N) is 2. The summed E-state index contributed by atoms with van der Waals surface area (Å²) in [5.41, 5.74) is 7.69. The number of aliphatic carboxylic acids is 1. The maximum Gasteiger partial charge on any atom is 0.303 e. The van der Waals surface area contributed by atoms with Gasteiger partial charge in [0.05, 0.1) is 18.7 Å². The summed E-state index contributed by atoms with van der Waals surface area (Å²) in [6.45, 7) is 0.843. The molecule has 0 aliphatic rings. The zero-order valence-corrected chi connectivity index (χ0v) is 14.9. The molecule has 1 atom stereocenters. The average molecular weight is 347 g/mol. The van der Waals surface area contributed by atoms with Crippen molar-refractivity contribution in [3.63, 3.8) is 0 Å². The number of fused-ring (bicyclic) bond motifs is 1. The second-order valence-electron chi connectivity index (χ2n) is 6.34. The lowest BCUT2D eigenvalue weighted by Crippen LogP contribution is -2.34. The predicted octanol–water partition coefficient (Wildman–Crippen LogP) is 1.59. The number of carboxylic acid groups (broad SMARTS) is 1. The molecule has 25 heavy (non-hydrogen) atoms. The SMILES string of the molecule is COc1ccc2c(c1)c(CCN(C)C)cn2C(=O)C(N)CCC(=O)O. The van der Waals surface area contributed by atoms with Gasteiger partial charge >= 0.3 is 5.97 Å². The summed E-state index contributed by atoms with van der Waals surface area (Å²) in [5.74, 6) is -0.538. The molecule has 1 unspecified atom stereocenters. The number of aromatic nitrogens is 1. The first-order valence-corrected chi connectivity index (χ1v) is 8.17. The maximum absolute atomic E-state index is 12.7. The minimum absolute atomic E-state index is 0.108. The molecule has 2 aromatic rings. The van der Waals surface area contributed by atoms with Crippen molar-refractivity contribution in [2.75, 3.05) is 27.7 Å². The topological polar surface area (TPSA) is 97.8 Å². The van der Waals surface area contributed by atoms with E-state index in [1.165, 1.54) is 4.57 Å². The van der Waals surface area contributed by atoms with Gasteiger partial charge in [0, 0.05) is 24.5 Å². The van der Waals surface area contributed by atoms with Gasteiger partial charge in [-0.15, -0.1) is 0 Å². The fourth-order valence-electron chi connectivity index (χ4n) is 2.71. The van der Waals surface area contributed by atoms with Crippen molar-refractivity contribution in [3.8, 4) is 5.75 Å². The highest BCUT2D eigenvalue weighted by atomic mass is 16.5. The molecule has 7 heteroatoms. The Hall–Kier alpha value is -2.38. The normalized spacial score (nSPS) is 12.5. The Morgan fingerprint density at radius 3 is 2.68 bits per heavy atom. The highest BCUT2D eigenvalue weighted by Gasteiger charge is 2.20. The largest absolute Gasteiger partial charge is 0.497 e. The highest BCUT2D eigenvalue weighted by Crippen LogP contribution is 2.27. The van der Waals surface area contributed by atoms with Crippen molar-refractivity contribution in [2.45, 2.75) is 25.3 Å². The molecule has 0 saturated heterocycles. The third-order valence-electron chi connectivity index (χ3n) is 4.15. The summed E-state index contributed by atoms with van der Waals surface area (Å²) < 4.78 is 6.82. The molecule has 0 radical (unpaired) electrons. The van der Waals surface area contributed by atoms with Gasteiger partial charge in [0.2, 0.25) is 5.91 Å². The number of methoxy groups -OCH3 is 1. The van der Waals surface area contributed by atoms with Crippen molar-refractivity contribution < 1.29 is 19.4 Å². The maximum atomic E-state index is 12.7. The van der Waals surface area contributed by atoms with Gasteiger partial charge in [-0.25, -0.2) is 0 Å². The quantitative estimate of drug-likeness (QED) is 0.752. The first-order valence-electron chi connectivity index (χ1n) is 8.17. The Morgan fingerprint density at radius 1 is 1.36 bits per heavy atom. The molecular weight excluding hydrogens is 322 g/mol. The molecule has 3 N–H and O–H groups in total. The lowest BCUT2D eigenvalue weighted by molar-refractivity contribution is -0.137. The van der Waals surface area contributed by atoms with Crippen LogP contribution in [0.3, 0.4) is 0 Å². The molecule has 136 valence electrons. The highest BCUT2D eigenvalue weighted by molar-refractivity contribution is 5.97. The molecule has 1 aromatic carbocycles. The van der Waals surface area contributed by atoms with Crippen LogP contribution in [-0.4, -0.2) is 60.2 Å². The van der Waals surface area contributed by atoms with Crippen LogP contribution in [0.15, 0.2) is 24.4 Å². The van der Waals surface area contributed by atoms with Gasteiger partial charge in [-0.3, -0.25) is 14.2 Å². The van der Waals surface area contributed by atoms with Gasteiger partial charge in [0.25, 0.3) is 0 Å². The minimum atomic E-state index is -0.961. The van der Waals surface area contributed by atoms with Crippen LogP contribution in [0.2, 0.25) is 0 Å². The third kappa shape index (κ3) is 4.58. The zero-order valence-electron chi connectivity index (χ0n) is 14.9. The predicted molar refractivity (Wildman–Crippen MR) is 96.2 cm³/mol. The Bertz CT molecular complexity index is 767. The smallest absolute Gasteiger partial charge is 0.303 e.